The third-order valence-corrected chi connectivity index (χ3v) is 9.90. The van der Waals surface area contributed by atoms with E-state index < -0.39 is 49.4 Å². The highest BCUT2D eigenvalue weighted by molar-refractivity contribution is 8.09. The van der Waals surface area contributed by atoms with Crippen molar-refractivity contribution in [2.45, 2.75) is 64.8 Å². The third-order valence-electron chi connectivity index (χ3n) is 7.42. The number of benzene rings is 2. The molecule has 1 saturated heterocycles. The molecule has 0 saturated carbocycles. The van der Waals surface area contributed by atoms with Gasteiger partial charge < -0.3 is 28.9 Å². The molecule has 250 valence electrons. The molecule has 0 aliphatic carbocycles. The minimum Gasteiger partial charge on any atom is -0.464 e. The molecule has 0 amide bonds. The van der Waals surface area contributed by atoms with Gasteiger partial charge in [-0.05, 0) is 42.5 Å². The average Bonchev–Trinajstić information content (AvgIpc) is 3.56. The molecule has 0 radical (unpaired) electrons. The Kier molecular flexibility index (Phi) is 9.89. The highest BCUT2D eigenvalue weighted by Gasteiger charge is 2.58. The van der Waals surface area contributed by atoms with Gasteiger partial charge in [-0.2, -0.15) is 0 Å². The van der Waals surface area contributed by atoms with E-state index in [1.54, 1.807) is 33.0 Å². The van der Waals surface area contributed by atoms with Crippen LogP contribution in [0, 0.1) is 24.7 Å². The van der Waals surface area contributed by atoms with E-state index >= 15 is 4.39 Å². The first-order valence-corrected chi connectivity index (χ1v) is 17.6. The van der Waals surface area contributed by atoms with Gasteiger partial charge in [0.25, 0.3) is 0 Å². The molecule has 6 atom stereocenters. The van der Waals surface area contributed by atoms with Crippen molar-refractivity contribution in [1.29, 1.82) is 0 Å². The summed E-state index contributed by atoms with van der Waals surface area (Å²) in [4.78, 5) is 26.0. The van der Waals surface area contributed by atoms with Gasteiger partial charge in [0.1, 0.15) is 29.8 Å². The molecular formula is C32H38FN6O6PS. The van der Waals surface area contributed by atoms with Crippen LogP contribution in [0.3, 0.4) is 0 Å². The van der Waals surface area contributed by atoms with Gasteiger partial charge in [0.05, 0.1) is 19.5 Å². The summed E-state index contributed by atoms with van der Waals surface area (Å²) in [5, 5.41) is 18.8. The molecule has 2 aromatic carbocycles. The SMILES string of the molecule is C#C[C@@]1(F)[C@H](O)[C@@H](COP(=S)(N[C@H](C)C(=O)OCC(C)(C)C)Oc2cccc3ccccc23)O[C@H]1n1cnc2c(NC)nc(C)nc21. The molecule has 12 nitrogen and oxygen atoms in total. The Labute approximate surface area is 277 Å². The first-order chi connectivity index (χ1) is 22.2. The second kappa shape index (κ2) is 13.4. The molecular weight excluding hydrogens is 646 g/mol. The number of imidazole rings is 1. The lowest BCUT2D eigenvalue weighted by atomic mass is 9.97. The number of fused-ring (bicyclic) bond motifs is 2. The fraction of sp³-hybridized carbons (Fsp3) is 0.438. The lowest BCUT2D eigenvalue weighted by molar-refractivity contribution is -0.148. The zero-order chi connectivity index (χ0) is 34.1. The smallest absolute Gasteiger partial charge is 0.323 e. The molecule has 1 fully saturated rings. The first-order valence-electron chi connectivity index (χ1n) is 14.9. The van der Waals surface area contributed by atoms with Crippen molar-refractivity contribution in [2.24, 2.45) is 5.41 Å². The number of terminal acetylenes is 1. The van der Waals surface area contributed by atoms with Crippen molar-refractivity contribution in [3.05, 3.63) is 54.6 Å². The normalized spacial score (nSPS) is 23.3. The molecule has 1 aliphatic heterocycles. The zero-order valence-electron chi connectivity index (χ0n) is 26.9. The van der Waals surface area contributed by atoms with Crippen molar-refractivity contribution in [3.8, 4) is 18.1 Å². The largest absolute Gasteiger partial charge is 0.464 e. The van der Waals surface area contributed by atoms with E-state index in [2.05, 4.69) is 31.3 Å². The number of carbonyl (C=O) groups excluding carboxylic acids is 1. The number of halogens is 1. The van der Waals surface area contributed by atoms with Gasteiger partial charge >= 0.3 is 12.6 Å². The van der Waals surface area contributed by atoms with Gasteiger partial charge in [-0.25, -0.2) is 24.4 Å². The summed E-state index contributed by atoms with van der Waals surface area (Å²) < 4.78 is 41.8. The lowest BCUT2D eigenvalue weighted by Crippen LogP contribution is -2.42. The Bertz CT molecular complexity index is 1870. The van der Waals surface area contributed by atoms with Crippen LogP contribution in [0.2, 0.25) is 0 Å². The van der Waals surface area contributed by atoms with Gasteiger partial charge in [-0.3, -0.25) is 9.36 Å². The summed E-state index contributed by atoms with van der Waals surface area (Å²) in [5.41, 5.74) is -2.33. The van der Waals surface area contributed by atoms with Crippen molar-refractivity contribution >= 4 is 52.2 Å². The van der Waals surface area contributed by atoms with Crippen molar-refractivity contribution in [3.63, 3.8) is 0 Å². The second-order valence-electron chi connectivity index (χ2n) is 12.5. The van der Waals surface area contributed by atoms with E-state index in [1.807, 2.05) is 51.1 Å². The topological polar surface area (TPSA) is 142 Å². The number of alkyl halides is 1. The number of hydrogen-bond donors (Lipinski definition) is 3. The van der Waals surface area contributed by atoms with Crippen LogP contribution in [0.25, 0.3) is 21.9 Å². The number of aryl methyl sites for hydroxylation is 1. The van der Waals surface area contributed by atoms with Gasteiger partial charge in [-0.1, -0.05) is 63.1 Å². The quantitative estimate of drug-likeness (QED) is 0.113. The van der Waals surface area contributed by atoms with E-state index in [4.69, 9.17) is 36.8 Å². The van der Waals surface area contributed by atoms with Crippen molar-refractivity contribution < 1.29 is 32.8 Å². The number of hydrogen-bond acceptors (Lipinski definition) is 11. The molecule has 0 bridgehead atoms. The minimum atomic E-state index is -3.62. The van der Waals surface area contributed by atoms with Crippen molar-refractivity contribution in [1.82, 2.24) is 24.6 Å². The molecule has 1 aliphatic rings. The summed E-state index contributed by atoms with van der Waals surface area (Å²) in [6, 6.07) is 12.0. The number of anilines is 1. The molecule has 15 heteroatoms. The van der Waals surface area contributed by atoms with E-state index in [0.717, 1.165) is 10.8 Å². The van der Waals surface area contributed by atoms with Crippen LogP contribution in [0.15, 0.2) is 48.8 Å². The first kappa shape index (κ1) is 34.6. The zero-order valence-corrected chi connectivity index (χ0v) is 28.6. The van der Waals surface area contributed by atoms with E-state index in [1.165, 1.54) is 10.9 Å². The molecule has 4 aromatic rings. The Morgan fingerprint density at radius 2 is 2.00 bits per heavy atom. The van der Waals surface area contributed by atoms with E-state index in [0.29, 0.717) is 22.9 Å². The molecule has 3 heterocycles. The van der Waals surface area contributed by atoms with Crippen LogP contribution in [-0.4, -0.2) is 74.8 Å². The van der Waals surface area contributed by atoms with Crippen LogP contribution < -0.4 is 14.9 Å². The number of aromatic nitrogens is 4. The molecule has 2 aromatic heterocycles. The van der Waals surface area contributed by atoms with Crippen LogP contribution in [0.1, 0.15) is 39.7 Å². The van der Waals surface area contributed by atoms with Crippen LogP contribution in [-0.2, 0) is 30.6 Å². The fourth-order valence-electron chi connectivity index (χ4n) is 5.05. The maximum absolute atomic E-state index is 16.5. The predicted octanol–water partition coefficient (Wildman–Crippen LogP) is 4.82. The molecule has 47 heavy (non-hydrogen) atoms. The number of aliphatic hydroxyl groups is 1. The van der Waals surface area contributed by atoms with Gasteiger partial charge in [0, 0.05) is 12.4 Å². The Hall–Kier alpha value is -3.70. The number of aliphatic hydroxyl groups excluding tert-OH is 1. The maximum Gasteiger partial charge on any atom is 0.323 e. The van der Waals surface area contributed by atoms with Gasteiger partial charge in [-0.15, -0.1) is 6.42 Å². The molecule has 5 rings (SSSR count). The number of esters is 1. The van der Waals surface area contributed by atoms with Crippen LogP contribution >= 0.6 is 6.64 Å². The number of nitrogens with one attached hydrogen (secondary N) is 2. The second-order valence-corrected chi connectivity index (χ2v) is 15.6. The van der Waals surface area contributed by atoms with Gasteiger partial charge in [0.15, 0.2) is 23.2 Å². The predicted molar refractivity (Wildman–Crippen MR) is 180 cm³/mol. The van der Waals surface area contributed by atoms with Gasteiger partial charge in [0.2, 0.25) is 5.67 Å². The highest BCUT2D eigenvalue weighted by atomic mass is 32.5. The van der Waals surface area contributed by atoms with E-state index in [-0.39, 0.29) is 17.7 Å². The monoisotopic (exact) mass is 684 g/mol. The number of ether oxygens (including phenoxy) is 2. The lowest BCUT2D eigenvalue weighted by Gasteiger charge is -2.28. The third kappa shape index (κ3) is 7.26. The molecule has 3 N–H and O–H groups in total. The fourth-order valence-corrected chi connectivity index (χ4v) is 7.47. The minimum absolute atomic E-state index is 0.184. The average molecular weight is 685 g/mol. The summed E-state index contributed by atoms with van der Waals surface area (Å²) >= 11 is 5.91. The number of nitrogens with zero attached hydrogens (tertiary/aromatic N) is 4. The summed E-state index contributed by atoms with van der Waals surface area (Å²) in [5.74, 6) is 2.75. The van der Waals surface area contributed by atoms with Crippen LogP contribution in [0.5, 0.6) is 5.75 Å². The standard InChI is InChI=1S/C32H38FN6O6PS/c1-8-32(33)26(40)24(44-30(32)39-18-35-25-27(34-7)36-20(3)37-28(25)39)16-43-46(47,38-19(2)29(41)42-17-31(4,5)6)45-23-15-11-13-21-12-9-10-14-22(21)23/h1,9-15,18-19,24,26,30,40H,16-17H2,2-7H3,(H,38,47)(H,34,36,37)/t19-,24-,26-,30-,32-,46?/m1/s1. The number of rotatable bonds is 11. The summed E-state index contributed by atoms with van der Waals surface area (Å²) in [6.07, 6.45) is 2.33. The molecule has 0 spiro atoms. The Balaban J connectivity index is 1.43. The molecule has 1 unspecified atom stereocenters. The van der Waals surface area contributed by atoms with Crippen LogP contribution in [0.4, 0.5) is 10.2 Å². The Morgan fingerprint density at radius 1 is 1.28 bits per heavy atom. The Morgan fingerprint density at radius 3 is 2.70 bits per heavy atom. The maximum atomic E-state index is 16.5. The number of carbonyl (C=O) groups is 1. The van der Waals surface area contributed by atoms with E-state index in [9.17, 15) is 9.90 Å². The summed E-state index contributed by atoms with van der Waals surface area (Å²) in [7, 11) is 1.67. The highest BCUT2D eigenvalue weighted by Crippen LogP contribution is 2.49. The summed E-state index contributed by atoms with van der Waals surface area (Å²) in [6.45, 7) is 5.21. The van der Waals surface area contributed by atoms with Crippen molar-refractivity contribution in [2.75, 3.05) is 25.6 Å².